The molecular weight excluding hydrogens is 384 g/mol. The zero-order valence-electron chi connectivity index (χ0n) is 17.9. The molecule has 2 N–H and O–H groups in total. The molecule has 1 heterocycles. The second-order valence-corrected chi connectivity index (χ2v) is 8.25. The Morgan fingerprint density at radius 3 is 2.70 bits per heavy atom. The maximum Gasteiger partial charge on any atom is 0.325 e. The molecule has 0 unspecified atom stereocenters. The monoisotopic (exact) mass is 414 g/mol. The number of imide groups is 1. The largest absolute Gasteiger partial charge is 0.335 e. The molecule has 5 amide bonds. The first kappa shape index (κ1) is 21.8. The topological polar surface area (TPSA) is 98.8 Å². The minimum Gasteiger partial charge on any atom is -0.335 e. The molecule has 2 aliphatic rings. The lowest BCUT2D eigenvalue weighted by atomic mass is 9.73. The summed E-state index contributed by atoms with van der Waals surface area (Å²) in [5.74, 6) is -1.09. The summed E-state index contributed by atoms with van der Waals surface area (Å²) in [6, 6.07) is 6.96. The van der Waals surface area contributed by atoms with Crippen molar-refractivity contribution in [2.24, 2.45) is 5.92 Å². The van der Waals surface area contributed by atoms with E-state index in [0.717, 1.165) is 36.1 Å². The average molecular weight is 415 g/mol. The maximum absolute atomic E-state index is 13.0. The zero-order valence-corrected chi connectivity index (χ0v) is 17.9. The van der Waals surface area contributed by atoms with Crippen LogP contribution in [0.15, 0.2) is 24.3 Å². The van der Waals surface area contributed by atoms with Gasteiger partial charge in [0.2, 0.25) is 11.8 Å². The molecule has 0 bridgehead atoms. The maximum atomic E-state index is 13.0. The number of aryl methyl sites for hydroxylation is 1. The number of likely N-dealkylation sites (N-methyl/N-ethyl adjacent to an activating group) is 1. The highest BCUT2D eigenvalue weighted by molar-refractivity contribution is 6.09. The number of anilines is 1. The average Bonchev–Trinajstić information content (AvgIpc) is 2.95. The van der Waals surface area contributed by atoms with Crippen LogP contribution in [-0.2, 0) is 20.8 Å². The van der Waals surface area contributed by atoms with Gasteiger partial charge in [-0.15, -0.1) is 0 Å². The van der Waals surface area contributed by atoms with Crippen LogP contribution >= 0.6 is 0 Å². The van der Waals surface area contributed by atoms with E-state index in [4.69, 9.17) is 0 Å². The summed E-state index contributed by atoms with van der Waals surface area (Å²) in [5.41, 5.74) is 0.828. The summed E-state index contributed by atoms with van der Waals surface area (Å²) in [6.45, 7) is 3.43. The predicted molar refractivity (Wildman–Crippen MR) is 113 cm³/mol. The van der Waals surface area contributed by atoms with E-state index < -0.39 is 17.5 Å². The highest BCUT2D eigenvalue weighted by Gasteiger charge is 2.55. The van der Waals surface area contributed by atoms with Gasteiger partial charge >= 0.3 is 6.03 Å². The van der Waals surface area contributed by atoms with Crippen molar-refractivity contribution in [3.05, 3.63) is 29.8 Å². The van der Waals surface area contributed by atoms with E-state index in [2.05, 4.69) is 10.6 Å². The fourth-order valence-corrected chi connectivity index (χ4v) is 4.34. The minimum atomic E-state index is -0.893. The number of amides is 5. The van der Waals surface area contributed by atoms with Crippen LogP contribution in [0.25, 0.3) is 0 Å². The molecule has 0 radical (unpaired) electrons. The first-order valence-electron chi connectivity index (χ1n) is 10.5. The molecular formula is C22H30N4O4. The van der Waals surface area contributed by atoms with Gasteiger partial charge in [0.05, 0.1) is 6.54 Å². The van der Waals surface area contributed by atoms with Gasteiger partial charge in [-0.05, 0) is 36.8 Å². The highest BCUT2D eigenvalue weighted by atomic mass is 16.2. The molecule has 30 heavy (non-hydrogen) atoms. The highest BCUT2D eigenvalue weighted by Crippen LogP contribution is 2.38. The second kappa shape index (κ2) is 8.85. The molecule has 162 valence electrons. The van der Waals surface area contributed by atoms with Crippen molar-refractivity contribution in [1.82, 2.24) is 15.1 Å². The minimum absolute atomic E-state index is 0.0324. The lowest BCUT2D eigenvalue weighted by Gasteiger charge is -2.36. The van der Waals surface area contributed by atoms with Crippen LogP contribution in [0.3, 0.4) is 0 Å². The Labute approximate surface area is 177 Å². The van der Waals surface area contributed by atoms with E-state index in [1.165, 1.54) is 11.9 Å². The summed E-state index contributed by atoms with van der Waals surface area (Å²) >= 11 is 0. The molecule has 1 aromatic carbocycles. The van der Waals surface area contributed by atoms with Gasteiger partial charge in [0.25, 0.3) is 5.91 Å². The van der Waals surface area contributed by atoms with E-state index in [-0.39, 0.29) is 30.8 Å². The Kier molecular flexibility index (Phi) is 6.43. The van der Waals surface area contributed by atoms with E-state index >= 15 is 0 Å². The Morgan fingerprint density at radius 2 is 2.00 bits per heavy atom. The third kappa shape index (κ3) is 4.17. The Hall–Kier alpha value is -2.90. The van der Waals surface area contributed by atoms with E-state index in [0.29, 0.717) is 12.1 Å². The molecule has 1 spiro atoms. The second-order valence-electron chi connectivity index (χ2n) is 8.25. The van der Waals surface area contributed by atoms with E-state index in [1.54, 1.807) is 0 Å². The number of urea groups is 1. The zero-order chi connectivity index (χ0) is 21.9. The number of hydrogen-bond acceptors (Lipinski definition) is 4. The van der Waals surface area contributed by atoms with Gasteiger partial charge in [-0.1, -0.05) is 44.9 Å². The van der Waals surface area contributed by atoms with Crippen LogP contribution in [0.4, 0.5) is 10.5 Å². The summed E-state index contributed by atoms with van der Waals surface area (Å²) in [5, 5.41) is 5.65. The van der Waals surface area contributed by atoms with Crippen molar-refractivity contribution in [3.63, 3.8) is 0 Å². The summed E-state index contributed by atoms with van der Waals surface area (Å²) in [7, 11) is 1.49. The van der Waals surface area contributed by atoms with Crippen molar-refractivity contribution < 1.29 is 19.2 Å². The number of para-hydroxylation sites is 1. The first-order valence-corrected chi connectivity index (χ1v) is 10.5. The molecule has 2 atom stereocenters. The molecule has 0 aromatic heterocycles. The number of benzene rings is 1. The standard InChI is InChI=1S/C22H30N4O4/c1-4-16-10-5-6-11-17(16)23-18(27)13-25(3)19(28)14-26-20(29)22(24-21(26)30)12-8-7-9-15(22)2/h5-6,10-11,15H,4,7-9,12-14H2,1-3H3,(H,23,27)(H,24,30)/t15-,22-/m1/s1. The van der Waals surface area contributed by atoms with Crippen LogP contribution in [-0.4, -0.2) is 59.2 Å². The van der Waals surface area contributed by atoms with Crippen molar-refractivity contribution in [2.45, 2.75) is 51.5 Å². The Morgan fingerprint density at radius 1 is 1.27 bits per heavy atom. The van der Waals surface area contributed by atoms with Crippen molar-refractivity contribution in [3.8, 4) is 0 Å². The van der Waals surface area contributed by atoms with Crippen LogP contribution in [0.1, 0.15) is 45.1 Å². The lowest BCUT2D eigenvalue weighted by Crippen LogP contribution is -2.54. The number of carbonyl (C=O) groups excluding carboxylic acids is 4. The molecule has 1 aliphatic heterocycles. The molecule has 8 nitrogen and oxygen atoms in total. The van der Waals surface area contributed by atoms with Crippen LogP contribution in [0, 0.1) is 5.92 Å². The Balaban J connectivity index is 1.59. The number of nitrogens with zero attached hydrogens (tertiary/aromatic N) is 2. The number of rotatable bonds is 6. The predicted octanol–water partition coefficient (Wildman–Crippen LogP) is 2.15. The lowest BCUT2D eigenvalue weighted by molar-refractivity contribution is -0.140. The fourth-order valence-electron chi connectivity index (χ4n) is 4.34. The fraction of sp³-hybridized carbons (Fsp3) is 0.545. The summed E-state index contributed by atoms with van der Waals surface area (Å²) < 4.78 is 0. The van der Waals surface area contributed by atoms with Crippen molar-refractivity contribution >= 4 is 29.4 Å². The molecule has 1 saturated heterocycles. The van der Waals surface area contributed by atoms with Gasteiger partial charge in [0.15, 0.2) is 0 Å². The summed E-state index contributed by atoms with van der Waals surface area (Å²) in [6.07, 6.45) is 4.14. The van der Waals surface area contributed by atoms with Gasteiger partial charge in [0.1, 0.15) is 12.1 Å². The summed E-state index contributed by atoms with van der Waals surface area (Å²) in [4.78, 5) is 52.7. The third-order valence-electron chi connectivity index (χ3n) is 6.27. The molecule has 1 aliphatic carbocycles. The first-order chi connectivity index (χ1) is 14.3. The van der Waals surface area contributed by atoms with Crippen LogP contribution in [0.5, 0.6) is 0 Å². The van der Waals surface area contributed by atoms with E-state index in [9.17, 15) is 19.2 Å². The number of carbonyl (C=O) groups is 4. The molecule has 1 saturated carbocycles. The molecule has 3 rings (SSSR count). The van der Waals surface area contributed by atoms with Gasteiger partial charge in [-0.3, -0.25) is 19.3 Å². The van der Waals surface area contributed by atoms with Gasteiger partial charge < -0.3 is 15.5 Å². The normalized spacial score (nSPS) is 23.4. The van der Waals surface area contributed by atoms with Gasteiger partial charge in [0, 0.05) is 12.7 Å². The van der Waals surface area contributed by atoms with Gasteiger partial charge in [-0.2, -0.15) is 0 Å². The quantitative estimate of drug-likeness (QED) is 0.697. The van der Waals surface area contributed by atoms with Crippen LogP contribution in [0.2, 0.25) is 0 Å². The van der Waals surface area contributed by atoms with Crippen LogP contribution < -0.4 is 10.6 Å². The molecule has 2 fully saturated rings. The smallest absolute Gasteiger partial charge is 0.325 e. The molecule has 1 aromatic rings. The van der Waals surface area contributed by atoms with E-state index in [1.807, 2.05) is 38.1 Å². The SMILES string of the molecule is CCc1ccccc1NC(=O)CN(C)C(=O)CN1C(=O)N[C@@]2(CCCC[C@H]2C)C1=O. The van der Waals surface area contributed by atoms with Crippen molar-refractivity contribution in [1.29, 1.82) is 0 Å². The third-order valence-corrected chi connectivity index (χ3v) is 6.27. The number of nitrogens with one attached hydrogen (secondary N) is 2. The van der Waals surface area contributed by atoms with Crippen molar-refractivity contribution in [2.75, 3.05) is 25.5 Å². The molecule has 8 heteroatoms. The van der Waals surface area contributed by atoms with Gasteiger partial charge in [-0.25, -0.2) is 4.79 Å². The number of hydrogen-bond donors (Lipinski definition) is 2. The Bertz CT molecular complexity index is 855.